The highest BCUT2D eigenvalue weighted by molar-refractivity contribution is 5.98. The van der Waals surface area contributed by atoms with Crippen molar-refractivity contribution in [3.8, 4) is 0 Å². The summed E-state index contributed by atoms with van der Waals surface area (Å²) in [6, 6.07) is 8.72. The number of nitro benzene ring substituents is 1. The van der Waals surface area contributed by atoms with Gasteiger partial charge in [-0.1, -0.05) is 32.0 Å². The average molecular weight is 492 g/mol. The molecule has 8 nitrogen and oxygen atoms in total. The number of hydrogen-bond donors (Lipinski definition) is 1. The monoisotopic (exact) mass is 492 g/mol. The minimum absolute atomic E-state index is 0.0726. The molecule has 35 heavy (non-hydrogen) atoms. The van der Waals surface area contributed by atoms with Crippen molar-refractivity contribution < 1.29 is 27.7 Å². The second kappa shape index (κ2) is 10.3. The maximum Gasteiger partial charge on any atom is 0.416 e. The van der Waals surface area contributed by atoms with Gasteiger partial charge in [0, 0.05) is 37.8 Å². The number of nitrogens with one attached hydrogen (secondary N) is 1. The highest BCUT2D eigenvalue weighted by atomic mass is 19.4. The third-order valence-electron chi connectivity index (χ3n) is 6.04. The summed E-state index contributed by atoms with van der Waals surface area (Å²) in [5.74, 6) is -0.817. The van der Waals surface area contributed by atoms with Gasteiger partial charge < -0.3 is 15.1 Å². The van der Waals surface area contributed by atoms with Gasteiger partial charge in [0.1, 0.15) is 11.7 Å². The van der Waals surface area contributed by atoms with Crippen LogP contribution in [-0.4, -0.2) is 53.9 Å². The molecule has 1 aliphatic rings. The van der Waals surface area contributed by atoms with Gasteiger partial charge in [0.25, 0.3) is 11.6 Å². The van der Waals surface area contributed by atoms with Crippen LogP contribution in [0.3, 0.4) is 0 Å². The number of aryl methyl sites for hydroxylation is 1. The molecular weight excluding hydrogens is 465 g/mol. The van der Waals surface area contributed by atoms with E-state index in [0.717, 1.165) is 17.7 Å². The number of anilines is 1. The summed E-state index contributed by atoms with van der Waals surface area (Å²) in [7, 11) is 0. The van der Waals surface area contributed by atoms with Crippen LogP contribution in [0.4, 0.5) is 24.5 Å². The highest BCUT2D eigenvalue weighted by Crippen LogP contribution is 2.36. The summed E-state index contributed by atoms with van der Waals surface area (Å²) < 4.78 is 39.0. The van der Waals surface area contributed by atoms with Crippen molar-refractivity contribution in [2.24, 2.45) is 5.92 Å². The van der Waals surface area contributed by atoms with Gasteiger partial charge in [0.2, 0.25) is 5.91 Å². The Morgan fingerprint density at radius 1 is 1.06 bits per heavy atom. The van der Waals surface area contributed by atoms with E-state index in [2.05, 4.69) is 5.32 Å². The number of amides is 2. The van der Waals surface area contributed by atoms with Gasteiger partial charge in [-0.2, -0.15) is 13.2 Å². The van der Waals surface area contributed by atoms with Gasteiger partial charge in [-0.05, 0) is 36.6 Å². The molecule has 1 N–H and O–H groups in total. The number of piperazine rings is 1. The van der Waals surface area contributed by atoms with E-state index in [4.69, 9.17) is 0 Å². The first-order valence-corrected chi connectivity index (χ1v) is 11.2. The molecule has 0 aliphatic carbocycles. The maximum atomic E-state index is 13.2. The van der Waals surface area contributed by atoms with Crippen LogP contribution in [0.2, 0.25) is 0 Å². The van der Waals surface area contributed by atoms with Gasteiger partial charge in [0.15, 0.2) is 0 Å². The normalized spacial score (nSPS) is 15.2. The Kier molecular flexibility index (Phi) is 7.67. The van der Waals surface area contributed by atoms with Gasteiger partial charge in [-0.3, -0.25) is 19.7 Å². The predicted molar refractivity (Wildman–Crippen MR) is 124 cm³/mol. The minimum Gasteiger partial charge on any atom is -0.362 e. The van der Waals surface area contributed by atoms with E-state index in [1.165, 1.54) is 0 Å². The van der Waals surface area contributed by atoms with Crippen LogP contribution in [0.5, 0.6) is 0 Å². The van der Waals surface area contributed by atoms with Crippen LogP contribution in [-0.2, 0) is 11.0 Å². The summed E-state index contributed by atoms with van der Waals surface area (Å²) in [6.45, 7) is 6.27. The Morgan fingerprint density at radius 3 is 2.23 bits per heavy atom. The summed E-state index contributed by atoms with van der Waals surface area (Å²) in [6.07, 6.45) is -4.69. The van der Waals surface area contributed by atoms with E-state index in [0.29, 0.717) is 11.6 Å². The topological polar surface area (TPSA) is 95.8 Å². The molecule has 2 amide bonds. The molecule has 2 aromatic rings. The molecular formula is C24H27F3N4O4. The zero-order valence-corrected chi connectivity index (χ0v) is 19.6. The van der Waals surface area contributed by atoms with E-state index in [9.17, 15) is 32.9 Å². The number of halogens is 3. The SMILES string of the molecule is Cc1ccccc1C(=O)NC(C(=O)N1CCN(c2ccc(C(F)(F)F)cc2[N+](=O)[O-])CC1)C(C)C. The Morgan fingerprint density at radius 2 is 1.69 bits per heavy atom. The molecule has 1 aliphatic heterocycles. The lowest BCUT2D eigenvalue weighted by atomic mass is 10.0. The fourth-order valence-electron chi connectivity index (χ4n) is 4.04. The number of carbonyl (C=O) groups excluding carboxylic acids is 2. The van der Waals surface area contributed by atoms with E-state index < -0.39 is 28.4 Å². The van der Waals surface area contributed by atoms with Crippen molar-refractivity contribution in [2.75, 3.05) is 31.1 Å². The zero-order chi connectivity index (χ0) is 25.9. The van der Waals surface area contributed by atoms with Crippen LogP contribution in [0.25, 0.3) is 0 Å². The molecule has 3 rings (SSSR count). The molecule has 0 aromatic heterocycles. The highest BCUT2D eigenvalue weighted by Gasteiger charge is 2.35. The second-order valence-corrected chi connectivity index (χ2v) is 8.78. The molecule has 1 atom stereocenters. The molecule has 188 valence electrons. The lowest BCUT2D eigenvalue weighted by Gasteiger charge is -2.38. The molecule has 1 unspecified atom stereocenters. The van der Waals surface area contributed by atoms with Crippen molar-refractivity contribution in [2.45, 2.75) is 33.0 Å². The summed E-state index contributed by atoms with van der Waals surface area (Å²) >= 11 is 0. The number of carbonyl (C=O) groups is 2. The number of alkyl halides is 3. The summed E-state index contributed by atoms with van der Waals surface area (Å²) in [5.41, 5.74) is -0.392. The quantitative estimate of drug-likeness (QED) is 0.485. The van der Waals surface area contributed by atoms with E-state index in [1.807, 2.05) is 19.9 Å². The van der Waals surface area contributed by atoms with Crippen LogP contribution < -0.4 is 10.2 Å². The maximum absolute atomic E-state index is 13.2. The van der Waals surface area contributed by atoms with Crippen molar-refractivity contribution >= 4 is 23.2 Å². The molecule has 11 heteroatoms. The largest absolute Gasteiger partial charge is 0.416 e. The van der Waals surface area contributed by atoms with Gasteiger partial charge in [-0.25, -0.2) is 0 Å². The molecule has 0 spiro atoms. The van der Waals surface area contributed by atoms with Crippen LogP contribution in [0.1, 0.15) is 35.3 Å². The third-order valence-corrected chi connectivity index (χ3v) is 6.04. The fourth-order valence-corrected chi connectivity index (χ4v) is 4.04. The van der Waals surface area contributed by atoms with E-state index in [-0.39, 0.29) is 49.6 Å². The van der Waals surface area contributed by atoms with Gasteiger partial charge >= 0.3 is 6.18 Å². The Balaban J connectivity index is 1.71. The minimum atomic E-state index is -4.69. The van der Waals surface area contributed by atoms with Crippen molar-refractivity contribution in [1.29, 1.82) is 0 Å². The lowest BCUT2D eigenvalue weighted by Crippen LogP contribution is -2.56. The Bertz CT molecular complexity index is 1110. The average Bonchev–Trinajstić information content (AvgIpc) is 2.81. The first-order chi connectivity index (χ1) is 16.4. The molecule has 1 saturated heterocycles. The second-order valence-electron chi connectivity index (χ2n) is 8.78. The number of nitro groups is 1. The predicted octanol–water partition coefficient (Wildman–Crippen LogP) is 4.03. The molecule has 1 heterocycles. The van der Waals surface area contributed by atoms with Crippen molar-refractivity contribution in [3.05, 3.63) is 69.3 Å². The van der Waals surface area contributed by atoms with E-state index in [1.54, 1.807) is 34.9 Å². The van der Waals surface area contributed by atoms with Gasteiger partial charge in [0.05, 0.1) is 10.5 Å². The summed E-state index contributed by atoms with van der Waals surface area (Å²) in [4.78, 5) is 39.8. The standard InChI is InChI=1S/C24H27F3N4O4/c1-15(2)21(28-22(32)18-7-5-4-6-16(18)3)23(33)30-12-10-29(11-13-30)19-9-8-17(24(25,26)27)14-20(19)31(34)35/h4-9,14-15,21H,10-13H2,1-3H3,(H,28,32). The molecule has 0 radical (unpaired) electrons. The molecule has 0 bridgehead atoms. The molecule has 2 aromatic carbocycles. The number of rotatable bonds is 6. The number of benzene rings is 2. The molecule has 1 fully saturated rings. The first kappa shape index (κ1) is 26.0. The number of hydrogen-bond acceptors (Lipinski definition) is 5. The van der Waals surface area contributed by atoms with Crippen molar-refractivity contribution in [3.63, 3.8) is 0 Å². The third kappa shape index (κ3) is 5.90. The number of nitrogens with zero attached hydrogens (tertiary/aromatic N) is 3. The van der Waals surface area contributed by atoms with E-state index >= 15 is 0 Å². The first-order valence-electron chi connectivity index (χ1n) is 11.2. The molecule has 0 saturated carbocycles. The fraction of sp³-hybridized carbons (Fsp3) is 0.417. The zero-order valence-electron chi connectivity index (χ0n) is 19.6. The van der Waals surface area contributed by atoms with Crippen LogP contribution in [0.15, 0.2) is 42.5 Å². The van der Waals surface area contributed by atoms with Crippen LogP contribution in [0, 0.1) is 23.0 Å². The summed E-state index contributed by atoms with van der Waals surface area (Å²) in [5, 5.41) is 14.2. The Hall–Kier alpha value is -3.63. The lowest BCUT2D eigenvalue weighted by molar-refractivity contribution is -0.384. The van der Waals surface area contributed by atoms with Crippen molar-refractivity contribution in [1.82, 2.24) is 10.2 Å². The van der Waals surface area contributed by atoms with Gasteiger partial charge in [-0.15, -0.1) is 0 Å². The smallest absolute Gasteiger partial charge is 0.362 e. The van der Waals surface area contributed by atoms with Crippen LogP contribution >= 0.6 is 0 Å². The Labute approximate surface area is 200 Å².